The molecule has 2 rings (SSSR count). The lowest BCUT2D eigenvalue weighted by Crippen LogP contribution is -2.46. The van der Waals surface area contributed by atoms with Crippen LogP contribution in [0.2, 0.25) is 0 Å². The van der Waals surface area contributed by atoms with Gasteiger partial charge in [0.2, 0.25) is 5.91 Å². The molecule has 1 aliphatic rings. The average Bonchev–Trinajstić information content (AvgIpc) is 2.71. The van der Waals surface area contributed by atoms with Crippen LogP contribution in [0.15, 0.2) is 0 Å². The molecule has 0 saturated carbocycles. The molecule has 0 spiro atoms. The fourth-order valence-corrected chi connectivity index (χ4v) is 3.26. The Morgan fingerprint density at radius 2 is 1.86 bits per heavy atom. The van der Waals surface area contributed by atoms with Crippen LogP contribution in [0.1, 0.15) is 42.3 Å². The highest BCUT2D eigenvalue weighted by Crippen LogP contribution is 2.28. The van der Waals surface area contributed by atoms with E-state index in [1.807, 2.05) is 20.8 Å². The SMILES string of the molecule is Cc1nc(C(C)(C)NC(=O)C2CCNCC2)sc1C.Cl.Cl. The first-order valence-corrected chi connectivity index (χ1v) is 7.69. The lowest BCUT2D eigenvalue weighted by Gasteiger charge is -2.28. The number of nitrogens with zero attached hydrogens (tertiary/aromatic N) is 1. The van der Waals surface area contributed by atoms with Gasteiger partial charge in [0.1, 0.15) is 5.01 Å². The summed E-state index contributed by atoms with van der Waals surface area (Å²) in [7, 11) is 0. The molecule has 1 aromatic rings. The maximum atomic E-state index is 12.3. The quantitative estimate of drug-likeness (QED) is 0.878. The molecule has 122 valence electrons. The van der Waals surface area contributed by atoms with Gasteiger partial charge in [0.25, 0.3) is 0 Å². The van der Waals surface area contributed by atoms with E-state index in [9.17, 15) is 4.79 Å². The number of carbonyl (C=O) groups excluding carboxylic acids is 1. The monoisotopic (exact) mass is 353 g/mol. The van der Waals surface area contributed by atoms with E-state index in [4.69, 9.17) is 0 Å². The van der Waals surface area contributed by atoms with Crippen molar-refractivity contribution in [3.8, 4) is 0 Å². The predicted molar refractivity (Wildman–Crippen MR) is 92.8 cm³/mol. The molecule has 1 aliphatic heterocycles. The van der Waals surface area contributed by atoms with Crippen molar-refractivity contribution in [3.63, 3.8) is 0 Å². The van der Waals surface area contributed by atoms with Crippen molar-refractivity contribution in [2.75, 3.05) is 13.1 Å². The summed E-state index contributed by atoms with van der Waals surface area (Å²) in [6.07, 6.45) is 1.86. The molecule has 0 bridgehead atoms. The summed E-state index contributed by atoms with van der Waals surface area (Å²) in [5.74, 6) is 0.305. The van der Waals surface area contributed by atoms with E-state index in [0.717, 1.165) is 36.6 Å². The summed E-state index contributed by atoms with van der Waals surface area (Å²) in [4.78, 5) is 18.1. The molecule has 1 fully saturated rings. The van der Waals surface area contributed by atoms with Crippen LogP contribution in [0.5, 0.6) is 0 Å². The van der Waals surface area contributed by atoms with Crippen molar-refractivity contribution in [2.45, 2.75) is 46.1 Å². The molecule has 2 N–H and O–H groups in total. The Labute approximate surface area is 143 Å². The number of thiazole rings is 1. The van der Waals surface area contributed by atoms with Gasteiger partial charge in [-0.2, -0.15) is 0 Å². The van der Waals surface area contributed by atoms with Crippen molar-refractivity contribution >= 4 is 42.1 Å². The van der Waals surface area contributed by atoms with Gasteiger partial charge in [0, 0.05) is 10.8 Å². The third-order valence-electron chi connectivity index (χ3n) is 3.71. The number of aromatic nitrogens is 1. The van der Waals surface area contributed by atoms with Crippen molar-refractivity contribution < 1.29 is 4.79 Å². The highest BCUT2D eigenvalue weighted by Gasteiger charge is 2.30. The summed E-state index contributed by atoms with van der Waals surface area (Å²) in [6.45, 7) is 10.0. The molecular weight excluding hydrogens is 329 g/mol. The number of hydrogen-bond acceptors (Lipinski definition) is 4. The fraction of sp³-hybridized carbons (Fsp3) is 0.714. The number of amides is 1. The van der Waals surface area contributed by atoms with Crippen LogP contribution < -0.4 is 10.6 Å². The second-order valence-corrected chi connectivity index (χ2v) is 7.00. The molecule has 21 heavy (non-hydrogen) atoms. The minimum absolute atomic E-state index is 0. The van der Waals surface area contributed by atoms with Gasteiger partial charge in [-0.1, -0.05) is 0 Å². The molecule has 2 heterocycles. The third kappa shape index (κ3) is 5.09. The van der Waals surface area contributed by atoms with Crippen LogP contribution in [-0.2, 0) is 10.3 Å². The number of carbonyl (C=O) groups is 1. The standard InChI is InChI=1S/C14H23N3OS.2ClH/c1-9-10(2)19-13(16-9)14(3,4)17-12(18)11-5-7-15-8-6-11;;/h11,15H,5-8H2,1-4H3,(H,17,18);2*1H. The van der Waals surface area contributed by atoms with Crippen LogP contribution in [0.3, 0.4) is 0 Å². The number of nitrogens with one attached hydrogen (secondary N) is 2. The Hall–Kier alpha value is -0.360. The molecular formula is C14H25Cl2N3OS. The lowest BCUT2D eigenvalue weighted by molar-refractivity contribution is -0.127. The van der Waals surface area contributed by atoms with Crippen LogP contribution >= 0.6 is 36.2 Å². The predicted octanol–water partition coefficient (Wildman–Crippen LogP) is 2.95. The zero-order valence-electron chi connectivity index (χ0n) is 13.0. The molecule has 1 aromatic heterocycles. The Morgan fingerprint density at radius 3 is 2.33 bits per heavy atom. The second kappa shape index (κ2) is 8.32. The van der Waals surface area contributed by atoms with Crippen LogP contribution in [-0.4, -0.2) is 24.0 Å². The van der Waals surface area contributed by atoms with Gasteiger partial charge in [-0.15, -0.1) is 36.2 Å². The summed E-state index contributed by atoms with van der Waals surface area (Å²) in [5, 5.41) is 7.44. The molecule has 4 nitrogen and oxygen atoms in total. The highest BCUT2D eigenvalue weighted by atomic mass is 35.5. The molecule has 0 aromatic carbocycles. The topological polar surface area (TPSA) is 54.0 Å². The maximum absolute atomic E-state index is 12.3. The summed E-state index contributed by atoms with van der Waals surface area (Å²) in [5.41, 5.74) is 0.676. The summed E-state index contributed by atoms with van der Waals surface area (Å²) < 4.78 is 0. The van der Waals surface area contributed by atoms with Crippen LogP contribution in [0.4, 0.5) is 0 Å². The van der Waals surface area contributed by atoms with E-state index >= 15 is 0 Å². The number of piperidine rings is 1. The second-order valence-electron chi connectivity index (χ2n) is 5.80. The van der Waals surface area contributed by atoms with Gasteiger partial charge in [-0.05, 0) is 53.6 Å². The molecule has 7 heteroatoms. The van der Waals surface area contributed by atoms with Gasteiger partial charge >= 0.3 is 0 Å². The van der Waals surface area contributed by atoms with E-state index in [1.54, 1.807) is 11.3 Å². The summed E-state index contributed by atoms with van der Waals surface area (Å²) >= 11 is 1.67. The van der Waals surface area contributed by atoms with Crippen molar-refractivity contribution in [2.24, 2.45) is 5.92 Å². The van der Waals surface area contributed by atoms with Crippen LogP contribution in [0, 0.1) is 19.8 Å². The first-order valence-electron chi connectivity index (χ1n) is 6.87. The Balaban J connectivity index is 0.00000200. The van der Waals surface area contributed by atoms with Gasteiger partial charge < -0.3 is 10.6 Å². The smallest absolute Gasteiger partial charge is 0.223 e. The zero-order chi connectivity index (χ0) is 14.0. The molecule has 1 saturated heterocycles. The van der Waals surface area contributed by atoms with Gasteiger partial charge in [0.15, 0.2) is 0 Å². The van der Waals surface area contributed by atoms with E-state index in [1.165, 1.54) is 4.88 Å². The Morgan fingerprint density at radius 1 is 1.29 bits per heavy atom. The molecule has 0 aliphatic carbocycles. The van der Waals surface area contributed by atoms with E-state index in [0.29, 0.717) is 0 Å². The molecule has 0 atom stereocenters. The minimum Gasteiger partial charge on any atom is -0.344 e. The van der Waals surface area contributed by atoms with Crippen molar-refractivity contribution in [1.29, 1.82) is 0 Å². The third-order valence-corrected chi connectivity index (χ3v) is 5.11. The Kier molecular flexibility index (Phi) is 8.18. The number of hydrogen-bond donors (Lipinski definition) is 2. The normalized spacial score (nSPS) is 15.8. The zero-order valence-corrected chi connectivity index (χ0v) is 15.4. The van der Waals surface area contributed by atoms with E-state index < -0.39 is 0 Å². The van der Waals surface area contributed by atoms with Crippen LogP contribution in [0.25, 0.3) is 0 Å². The lowest BCUT2D eigenvalue weighted by atomic mass is 9.95. The highest BCUT2D eigenvalue weighted by molar-refractivity contribution is 7.11. The minimum atomic E-state index is -0.383. The first kappa shape index (κ1) is 20.6. The Bertz CT molecular complexity index is 451. The van der Waals surface area contributed by atoms with Gasteiger partial charge in [-0.3, -0.25) is 4.79 Å². The average molecular weight is 354 g/mol. The largest absolute Gasteiger partial charge is 0.344 e. The van der Waals surface area contributed by atoms with E-state index in [2.05, 4.69) is 22.5 Å². The van der Waals surface area contributed by atoms with Crippen molar-refractivity contribution in [1.82, 2.24) is 15.6 Å². The van der Waals surface area contributed by atoms with Gasteiger partial charge in [0.05, 0.1) is 11.2 Å². The van der Waals surface area contributed by atoms with Gasteiger partial charge in [-0.25, -0.2) is 4.98 Å². The summed E-state index contributed by atoms with van der Waals surface area (Å²) in [6, 6.07) is 0. The first-order chi connectivity index (χ1) is 8.90. The maximum Gasteiger partial charge on any atom is 0.223 e. The van der Waals surface area contributed by atoms with Crippen molar-refractivity contribution in [3.05, 3.63) is 15.6 Å². The van der Waals surface area contributed by atoms with E-state index in [-0.39, 0.29) is 42.2 Å². The fourth-order valence-electron chi connectivity index (χ4n) is 2.29. The number of aryl methyl sites for hydroxylation is 2. The number of rotatable bonds is 3. The molecule has 0 unspecified atom stereocenters. The molecule has 1 amide bonds. The number of halogens is 2. The molecule has 0 radical (unpaired) electrons.